The van der Waals surface area contributed by atoms with Crippen molar-refractivity contribution in [2.45, 2.75) is 56.9 Å². The van der Waals surface area contributed by atoms with Gasteiger partial charge in [0.25, 0.3) is 0 Å². The first-order valence-electron chi connectivity index (χ1n) is 13.4. The molecular weight excluding hydrogens is 496 g/mol. The van der Waals surface area contributed by atoms with Crippen LogP contribution in [0, 0.1) is 5.92 Å². The number of anilines is 1. The number of likely N-dealkylation sites (tertiary alicyclic amines) is 1. The summed E-state index contributed by atoms with van der Waals surface area (Å²) >= 11 is 6.28. The Morgan fingerprint density at radius 3 is 2.61 bits per heavy atom. The molecule has 194 valence electrons. The van der Waals surface area contributed by atoms with Gasteiger partial charge in [0.2, 0.25) is 11.8 Å². The lowest BCUT2D eigenvalue weighted by molar-refractivity contribution is -0.142. The first-order chi connectivity index (χ1) is 18.3. The van der Waals surface area contributed by atoms with Crippen LogP contribution in [0.5, 0.6) is 0 Å². The van der Waals surface area contributed by atoms with Gasteiger partial charge in [0.1, 0.15) is 0 Å². The third-order valence-corrected chi connectivity index (χ3v) is 9.17. The maximum absolute atomic E-state index is 13.5. The molecule has 2 amide bonds. The number of nitrogens with one attached hydrogen (secondary N) is 1. The van der Waals surface area contributed by atoms with E-state index >= 15 is 0 Å². The van der Waals surface area contributed by atoms with Crippen LogP contribution in [0.25, 0.3) is 0 Å². The summed E-state index contributed by atoms with van der Waals surface area (Å²) in [5.41, 5.74) is 5.16. The topological polar surface area (TPSA) is 66.5 Å². The van der Waals surface area contributed by atoms with Gasteiger partial charge in [-0.2, -0.15) is 0 Å². The van der Waals surface area contributed by atoms with Crippen LogP contribution < -0.4 is 5.32 Å². The monoisotopic (exact) mass is 526 g/mol. The second kappa shape index (κ2) is 9.39. The quantitative estimate of drug-likeness (QED) is 0.418. The van der Waals surface area contributed by atoms with Gasteiger partial charge in [-0.05, 0) is 79.6 Å². The smallest absolute Gasteiger partial charge is 0.235 e. The zero-order valence-electron chi connectivity index (χ0n) is 21.7. The van der Waals surface area contributed by atoms with Crippen LogP contribution in [0.4, 0.5) is 5.69 Å². The predicted octanol–water partition coefficient (Wildman–Crippen LogP) is 5.94. The van der Waals surface area contributed by atoms with E-state index in [0.717, 1.165) is 27.9 Å². The van der Waals surface area contributed by atoms with Gasteiger partial charge in [0.15, 0.2) is 5.78 Å². The second-order valence-electron chi connectivity index (χ2n) is 11.0. The van der Waals surface area contributed by atoms with Gasteiger partial charge >= 0.3 is 0 Å². The number of para-hydroxylation sites is 1. The van der Waals surface area contributed by atoms with Gasteiger partial charge in [-0.25, -0.2) is 0 Å². The van der Waals surface area contributed by atoms with Crippen LogP contribution in [-0.4, -0.2) is 35.1 Å². The number of benzene rings is 3. The zero-order valence-corrected chi connectivity index (χ0v) is 22.4. The normalized spacial score (nSPS) is 25.9. The largest absolute Gasteiger partial charge is 0.339 e. The molecule has 38 heavy (non-hydrogen) atoms. The molecule has 3 aliphatic rings. The highest BCUT2D eigenvalue weighted by atomic mass is 35.5. The number of piperidine rings is 1. The average molecular weight is 527 g/mol. The SMILES string of the molecule is CCN1C(=O)[C@@H](CC(=O)c2ccc3c(c2)C[C@@]2(C3)C(=O)Nc3ccccc32)C[C@@H](c2cccc(Cl)c2)[C@H]1C. The van der Waals surface area contributed by atoms with Gasteiger partial charge in [0.05, 0.1) is 5.41 Å². The van der Waals surface area contributed by atoms with Crippen LogP contribution >= 0.6 is 11.6 Å². The number of Topliss-reactive ketones (excluding diaryl/α,β-unsaturated/α-hetero) is 1. The fourth-order valence-corrected chi connectivity index (χ4v) is 7.14. The summed E-state index contributed by atoms with van der Waals surface area (Å²) in [6.45, 7) is 4.67. The van der Waals surface area contributed by atoms with E-state index in [1.165, 1.54) is 0 Å². The lowest BCUT2D eigenvalue weighted by Crippen LogP contribution is -2.50. The van der Waals surface area contributed by atoms with Crippen molar-refractivity contribution < 1.29 is 14.4 Å². The molecule has 2 heterocycles. The van der Waals surface area contributed by atoms with Crippen molar-refractivity contribution in [1.82, 2.24) is 4.90 Å². The lowest BCUT2D eigenvalue weighted by atomic mass is 9.77. The maximum Gasteiger partial charge on any atom is 0.235 e. The molecule has 0 radical (unpaired) electrons. The Labute approximate surface area is 228 Å². The summed E-state index contributed by atoms with van der Waals surface area (Å²) in [4.78, 5) is 41.9. The summed E-state index contributed by atoms with van der Waals surface area (Å²) < 4.78 is 0. The van der Waals surface area contributed by atoms with Crippen molar-refractivity contribution in [3.8, 4) is 0 Å². The highest BCUT2D eigenvalue weighted by molar-refractivity contribution is 6.30. The van der Waals surface area contributed by atoms with Gasteiger partial charge in [-0.1, -0.05) is 54.1 Å². The lowest BCUT2D eigenvalue weighted by Gasteiger charge is -2.42. The van der Waals surface area contributed by atoms with Gasteiger partial charge in [-0.3, -0.25) is 14.4 Å². The van der Waals surface area contributed by atoms with Crippen LogP contribution in [0.2, 0.25) is 5.02 Å². The highest BCUT2D eigenvalue weighted by Gasteiger charge is 2.50. The Bertz CT molecular complexity index is 1470. The number of likely N-dealkylation sites (N-methyl/N-ethyl adjacent to an activating group) is 1. The molecule has 6 rings (SSSR count). The summed E-state index contributed by atoms with van der Waals surface area (Å²) in [6, 6.07) is 21.5. The number of amides is 2. The number of nitrogens with zero attached hydrogens (tertiary/aromatic N) is 1. The minimum Gasteiger partial charge on any atom is -0.339 e. The van der Waals surface area contributed by atoms with E-state index < -0.39 is 5.41 Å². The minimum atomic E-state index is -0.609. The first-order valence-corrected chi connectivity index (χ1v) is 13.8. The number of hydrogen-bond acceptors (Lipinski definition) is 3. The van der Waals surface area contributed by atoms with E-state index in [9.17, 15) is 14.4 Å². The summed E-state index contributed by atoms with van der Waals surface area (Å²) in [7, 11) is 0. The number of fused-ring (bicyclic) bond motifs is 3. The summed E-state index contributed by atoms with van der Waals surface area (Å²) in [5.74, 6) is -0.221. The van der Waals surface area contributed by atoms with E-state index in [2.05, 4.69) is 18.3 Å². The number of ketones is 1. The molecule has 4 atom stereocenters. The Morgan fingerprint density at radius 1 is 1.03 bits per heavy atom. The fraction of sp³-hybridized carbons (Fsp3) is 0.344. The molecule has 3 aromatic rings. The van der Waals surface area contributed by atoms with Gasteiger partial charge < -0.3 is 10.2 Å². The number of hydrogen-bond donors (Lipinski definition) is 1. The van der Waals surface area contributed by atoms with Crippen molar-refractivity contribution in [2.24, 2.45) is 5.92 Å². The molecule has 0 saturated carbocycles. The standard InChI is InChI=1S/C32H31ClN2O3/c1-3-35-19(2)26(20-7-6-8-25(33)14-20)15-23(30(35)37)16-29(36)21-11-12-22-17-32(18-24(22)13-21)27-9-4-5-10-28(27)34-31(32)38/h4-14,19,23,26H,3,15-18H2,1-2H3,(H,34,38)/t19-,23-,26-,32-/m1/s1. The van der Waals surface area contributed by atoms with Gasteiger partial charge in [0, 0.05) is 47.1 Å². The fourth-order valence-electron chi connectivity index (χ4n) is 6.94. The Balaban J connectivity index is 1.24. The number of halogens is 1. The Morgan fingerprint density at radius 2 is 1.82 bits per heavy atom. The van der Waals surface area contributed by atoms with Crippen molar-refractivity contribution in [2.75, 3.05) is 11.9 Å². The molecule has 5 nitrogen and oxygen atoms in total. The number of carbonyl (C=O) groups is 3. The molecule has 0 aromatic heterocycles. The molecule has 0 unspecified atom stereocenters. The number of rotatable bonds is 5. The van der Waals surface area contributed by atoms with Crippen molar-refractivity contribution in [3.63, 3.8) is 0 Å². The zero-order chi connectivity index (χ0) is 26.6. The molecule has 0 bridgehead atoms. The summed E-state index contributed by atoms with van der Waals surface area (Å²) in [6.07, 6.45) is 2.00. The molecule has 1 aliphatic carbocycles. The third-order valence-electron chi connectivity index (χ3n) is 8.93. The predicted molar refractivity (Wildman–Crippen MR) is 149 cm³/mol. The van der Waals surface area contributed by atoms with E-state index in [0.29, 0.717) is 36.4 Å². The molecule has 2 aliphatic heterocycles. The molecule has 1 saturated heterocycles. The van der Waals surface area contributed by atoms with Crippen molar-refractivity contribution in [3.05, 3.63) is 99.6 Å². The van der Waals surface area contributed by atoms with Gasteiger partial charge in [-0.15, -0.1) is 0 Å². The van der Waals surface area contributed by atoms with Crippen molar-refractivity contribution >= 4 is 34.9 Å². The van der Waals surface area contributed by atoms with Crippen LogP contribution in [0.1, 0.15) is 65.2 Å². The maximum atomic E-state index is 13.5. The van der Waals surface area contributed by atoms with E-state index in [-0.39, 0.29) is 41.9 Å². The second-order valence-corrected chi connectivity index (χ2v) is 11.4. The van der Waals surface area contributed by atoms with Crippen molar-refractivity contribution in [1.29, 1.82) is 0 Å². The Hall–Kier alpha value is -3.44. The molecule has 1 spiro atoms. The molecule has 3 aromatic carbocycles. The van der Waals surface area contributed by atoms with E-state index in [4.69, 9.17) is 11.6 Å². The minimum absolute atomic E-state index is 0.0245. The molecular formula is C32H31ClN2O3. The van der Waals surface area contributed by atoms with E-state index in [1.807, 2.05) is 72.5 Å². The van der Waals surface area contributed by atoms with Crippen LogP contribution in [0.3, 0.4) is 0 Å². The molecule has 1 fully saturated rings. The average Bonchev–Trinajstić information content (AvgIpc) is 3.42. The number of carbonyl (C=O) groups excluding carboxylic acids is 3. The van der Waals surface area contributed by atoms with Crippen LogP contribution in [-0.2, 0) is 27.8 Å². The summed E-state index contributed by atoms with van der Waals surface area (Å²) in [5, 5.41) is 3.72. The third kappa shape index (κ3) is 3.95. The first kappa shape index (κ1) is 24.9. The Kier molecular flexibility index (Phi) is 6.14. The van der Waals surface area contributed by atoms with Crippen LogP contribution in [0.15, 0.2) is 66.7 Å². The highest BCUT2D eigenvalue weighted by Crippen LogP contribution is 2.47. The molecule has 6 heteroatoms. The molecule has 1 N–H and O–H groups in total. The van der Waals surface area contributed by atoms with E-state index in [1.54, 1.807) is 0 Å².